The third-order valence-corrected chi connectivity index (χ3v) is 6.27. The molecule has 2 fully saturated rings. The SMILES string of the molecule is O=C(Nc1ccc(N2CCOCC2=O)cc1)O[C@@H]1C[C@@H](O)CN1C(=O)/C=C/c1ccc(Cl)c(Cl)c1. The van der Waals surface area contributed by atoms with Crippen LogP contribution in [0.25, 0.3) is 6.08 Å². The van der Waals surface area contributed by atoms with Crippen LogP contribution in [0.1, 0.15) is 12.0 Å². The lowest BCUT2D eigenvalue weighted by atomic mass is 10.2. The molecule has 0 radical (unpaired) electrons. The quantitative estimate of drug-likeness (QED) is 0.584. The summed E-state index contributed by atoms with van der Waals surface area (Å²) in [5, 5.41) is 13.4. The number of hydrogen-bond donors (Lipinski definition) is 2. The van der Waals surface area contributed by atoms with Crippen LogP contribution in [0.15, 0.2) is 48.5 Å². The van der Waals surface area contributed by atoms with Gasteiger partial charge in [-0.25, -0.2) is 4.79 Å². The van der Waals surface area contributed by atoms with Crippen LogP contribution < -0.4 is 10.2 Å². The maximum Gasteiger partial charge on any atom is 0.413 e. The average molecular weight is 520 g/mol. The van der Waals surface area contributed by atoms with Gasteiger partial charge in [0.2, 0.25) is 5.91 Å². The second-order valence-electron chi connectivity index (χ2n) is 8.02. The number of morpholine rings is 1. The maximum atomic E-state index is 12.7. The van der Waals surface area contributed by atoms with Crippen LogP contribution in [-0.2, 0) is 19.1 Å². The lowest BCUT2D eigenvalue weighted by Gasteiger charge is -2.27. The number of nitrogens with one attached hydrogen (secondary N) is 1. The molecule has 2 aromatic rings. The Labute approximate surface area is 211 Å². The van der Waals surface area contributed by atoms with Crippen molar-refractivity contribution in [1.29, 1.82) is 0 Å². The number of nitrogens with zero attached hydrogens (tertiary/aromatic N) is 2. The van der Waals surface area contributed by atoms with Gasteiger partial charge in [0.15, 0.2) is 6.23 Å². The van der Waals surface area contributed by atoms with Gasteiger partial charge in [0.05, 0.1) is 29.3 Å². The van der Waals surface area contributed by atoms with Gasteiger partial charge in [-0.2, -0.15) is 0 Å². The molecule has 3 amide bonds. The lowest BCUT2D eigenvalue weighted by Crippen LogP contribution is -2.41. The van der Waals surface area contributed by atoms with E-state index < -0.39 is 24.3 Å². The normalized spacial score (nSPS) is 20.4. The van der Waals surface area contributed by atoms with Gasteiger partial charge in [-0.3, -0.25) is 14.9 Å². The number of anilines is 2. The molecule has 2 atom stereocenters. The summed E-state index contributed by atoms with van der Waals surface area (Å²) in [6.45, 7) is 0.992. The minimum Gasteiger partial charge on any atom is -0.425 e. The van der Waals surface area contributed by atoms with Crippen molar-refractivity contribution < 1.29 is 29.0 Å². The van der Waals surface area contributed by atoms with E-state index in [1.165, 1.54) is 11.0 Å². The van der Waals surface area contributed by atoms with E-state index in [4.69, 9.17) is 32.7 Å². The Bertz CT molecular complexity index is 1140. The molecule has 2 N–H and O–H groups in total. The zero-order chi connectivity index (χ0) is 24.9. The lowest BCUT2D eigenvalue weighted by molar-refractivity contribution is -0.132. The van der Waals surface area contributed by atoms with Gasteiger partial charge in [-0.15, -0.1) is 0 Å². The molecule has 0 unspecified atom stereocenters. The average Bonchev–Trinajstić information content (AvgIpc) is 3.20. The molecule has 2 aromatic carbocycles. The summed E-state index contributed by atoms with van der Waals surface area (Å²) in [5.41, 5.74) is 1.82. The Morgan fingerprint density at radius 1 is 1.14 bits per heavy atom. The highest BCUT2D eigenvalue weighted by Crippen LogP contribution is 2.25. The number of benzene rings is 2. The highest BCUT2D eigenvalue weighted by Gasteiger charge is 2.36. The number of carbonyl (C=O) groups is 3. The molecule has 2 heterocycles. The minimum atomic E-state index is -0.929. The molecule has 2 aliphatic heterocycles. The molecular formula is C24H23Cl2N3O6. The molecule has 0 aromatic heterocycles. The smallest absolute Gasteiger partial charge is 0.413 e. The Balaban J connectivity index is 1.35. The summed E-state index contributed by atoms with van der Waals surface area (Å²) in [5.74, 6) is -0.556. The van der Waals surface area contributed by atoms with Crippen LogP contribution in [0.2, 0.25) is 10.0 Å². The number of likely N-dealkylation sites (tertiary alicyclic amines) is 1. The Kier molecular flexibility index (Phi) is 7.92. The van der Waals surface area contributed by atoms with Crippen molar-refractivity contribution in [1.82, 2.24) is 4.90 Å². The first-order valence-electron chi connectivity index (χ1n) is 10.9. The fraction of sp³-hybridized carbons (Fsp3) is 0.292. The number of carbonyl (C=O) groups excluding carboxylic acids is 3. The molecule has 0 spiro atoms. The number of hydrogen-bond acceptors (Lipinski definition) is 6. The van der Waals surface area contributed by atoms with Crippen molar-refractivity contribution in [2.75, 3.05) is 36.5 Å². The molecule has 0 saturated carbocycles. The summed E-state index contributed by atoms with van der Waals surface area (Å²) >= 11 is 11.9. The molecule has 2 aliphatic rings. The Morgan fingerprint density at radius 2 is 1.91 bits per heavy atom. The molecule has 9 nitrogen and oxygen atoms in total. The van der Waals surface area contributed by atoms with Gasteiger partial charge in [0.1, 0.15) is 6.61 Å². The predicted octanol–water partition coefficient (Wildman–Crippen LogP) is 3.54. The van der Waals surface area contributed by atoms with E-state index in [0.717, 1.165) is 0 Å². The van der Waals surface area contributed by atoms with Gasteiger partial charge in [-0.1, -0.05) is 29.3 Å². The summed E-state index contributed by atoms with van der Waals surface area (Å²) < 4.78 is 10.5. The van der Waals surface area contributed by atoms with Crippen LogP contribution in [0, 0.1) is 0 Å². The van der Waals surface area contributed by atoms with E-state index in [2.05, 4.69) is 5.32 Å². The van der Waals surface area contributed by atoms with Gasteiger partial charge >= 0.3 is 6.09 Å². The first-order chi connectivity index (χ1) is 16.8. The van der Waals surface area contributed by atoms with Crippen molar-refractivity contribution in [3.05, 3.63) is 64.1 Å². The topological polar surface area (TPSA) is 108 Å². The predicted molar refractivity (Wildman–Crippen MR) is 131 cm³/mol. The fourth-order valence-electron chi connectivity index (χ4n) is 3.79. The van der Waals surface area contributed by atoms with Crippen LogP contribution in [0.5, 0.6) is 0 Å². The molecular weight excluding hydrogens is 497 g/mol. The monoisotopic (exact) mass is 519 g/mol. The number of aliphatic hydroxyl groups excluding tert-OH is 1. The van der Waals surface area contributed by atoms with Crippen LogP contribution in [0.3, 0.4) is 0 Å². The van der Waals surface area contributed by atoms with E-state index >= 15 is 0 Å². The molecule has 35 heavy (non-hydrogen) atoms. The summed E-state index contributed by atoms with van der Waals surface area (Å²) in [6.07, 6.45) is 0.454. The van der Waals surface area contributed by atoms with Crippen molar-refractivity contribution in [3.63, 3.8) is 0 Å². The Morgan fingerprint density at radius 3 is 2.63 bits per heavy atom. The molecule has 0 bridgehead atoms. The van der Waals surface area contributed by atoms with E-state index in [1.807, 2.05) is 0 Å². The highest BCUT2D eigenvalue weighted by molar-refractivity contribution is 6.42. The number of halogens is 2. The molecule has 11 heteroatoms. The summed E-state index contributed by atoms with van der Waals surface area (Å²) in [4.78, 5) is 40.0. The van der Waals surface area contributed by atoms with Crippen molar-refractivity contribution in [2.45, 2.75) is 18.8 Å². The maximum absolute atomic E-state index is 12.7. The Hall–Kier alpha value is -3.11. The van der Waals surface area contributed by atoms with E-state index in [-0.39, 0.29) is 25.5 Å². The van der Waals surface area contributed by atoms with Crippen LogP contribution >= 0.6 is 23.2 Å². The molecule has 4 rings (SSSR count). The van der Waals surface area contributed by atoms with Crippen molar-refractivity contribution in [2.24, 2.45) is 0 Å². The van der Waals surface area contributed by atoms with Gasteiger partial charge in [0.25, 0.3) is 5.91 Å². The summed E-state index contributed by atoms with van der Waals surface area (Å²) in [7, 11) is 0. The van der Waals surface area contributed by atoms with Gasteiger partial charge in [0, 0.05) is 30.4 Å². The molecule has 0 aliphatic carbocycles. The number of β-amino-alcohol motifs (C(OH)–C–C–N with tert-alkyl or cyclic N) is 1. The standard InChI is InChI=1S/C24H23Cl2N3O6/c25-19-7-1-15(11-20(19)26)2-8-21(31)29-13-18(30)12-23(29)35-24(33)27-16-3-5-17(6-4-16)28-9-10-34-14-22(28)32/h1-8,11,18,23,30H,9-10,12-14H2,(H,27,33)/b8-2+/t18-,23-/m1/s1. The first kappa shape index (κ1) is 25.0. The van der Waals surface area contributed by atoms with Crippen molar-refractivity contribution >= 4 is 58.6 Å². The largest absolute Gasteiger partial charge is 0.425 e. The zero-order valence-corrected chi connectivity index (χ0v) is 20.0. The zero-order valence-electron chi connectivity index (χ0n) is 18.5. The van der Waals surface area contributed by atoms with Gasteiger partial charge < -0.3 is 24.4 Å². The first-order valence-corrected chi connectivity index (χ1v) is 11.6. The highest BCUT2D eigenvalue weighted by atomic mass is 35.5. The number of ether oxygens (including phenoxy) is 2. The van der Waals surface area contributed by atoms with Gasteiger partial charge in [-0.05, 0) is 48.0 Å². The number of aliphatic hydroxyl groups is 1. The van der Waals surface area contributed by atoms with Crippen LogP contribution in [0.4, 0.5) is 16.2 Å². The second kappa shape index (κ2) is 11.1. The second-order valence-corrected chi connectivity index (χ2v) is 8.83. The van der Waals surface area contributed by atoms with E-state index in [1.54, 1.807) is 53.4 Å². The minimum absolute atomic E-state index is 0.0325. The van der Waals surface area contributed by atoms with E-state index in [9.17, 15) is 19.5 Å². The third kappa shape index (κ3) is 6.32. The molecule has 2 saturated heterocycles. The van der Waals surface area contributed by atoms with E-state index in [0.29, 0.717) is 40.1 Å². The third-order valence-electron chi connectivity index (χ3n) is 5.53. The number of amides is 3. The number of rotatable bonds is 5. The van der Waals surface area contributed by atoms with Crippen molar-refractivity contribution in [3.8, 4) is 0 Å². The molecule has 184 valence electrons. The fourth-order valence-corrected chi connectivity index (χ4v) is 4.10. The summed E-state index contributed by atoms with van der Waals surface area (Å²) in [6, 6.07) is 11.7. The van der Waals surface area contributed by atoms with Crippen LogP contribution in [-0.4, -0.2) is 66.5 Å².